The van der Waals surface area contributed by atoms with Crippen LogP contribution in [-0.4, -0.2) is 71.3 Å². The Labute approximate surface area is 127 Å². The van der Waals surface area contributed by atoms with Gasteiger partial charge < -0.3 is 10.2 Å². The number of amides is 1. The maximum atomic E-state index is 12.1. The fraction of sp³-hybridized carbons (Fsp3) is 0.733. The summed E-state index contributed by atoms with van der Waals surface area (Å²) in [5, 5.41) is 7.09. The van der Waals surface area contributed by atoms with Crippen molar-refractivity contribution in [2.24, 2.45) is 13.0 Å². The molecule has 1 aromatic heterocycles. The van der Waals surface area contributed by atoms with Crippen molar-refractivity contribution in [3.8, 4) is 0 Å². The highest BCUT2D eigenvalue weighted by Gasteiger charge is 2.25. The van der Waals surface area contributed by atoms with Gasteiger partial charge in [0.25, 0.3) is 5.91 Å². The molecule has 0 saturated carbocycles. The van der Waals surface area contributed by atoms with E-state index in [4.69, 9.17) is 0 Å². The number of piperazine rings is 1. The van der Waals surface area contributed by atoms with Gasteiger partial charge in [0.15, 0.2) is 0 Å². The van der Waals surface area contributed by atoms with E-state index in [2.05, 4.69) is 41.1 Å². The molecular weight excluding hydrogens is 266 g/mol. The van der Waals surface area contributed by atoms with Gasteiger partial charge in [0, 0.05) is 52.0 Å². The molecule has 1 aliphatic rings. The second-order valence-electron chi connectivity index (χ2n) is 6.26. The third-order valence-corrected chi connectivity index (χ3v) is 4.22. The fourth-order valence-electron chi connectivity index (χ4n) is 2.78. The zero-order valence-electron chi connectivity index (χ0n) is 13.5. The van der Waals surface area contributed by atoms with Gasteiger partial charge in [-0.15, -0.1) is 0 Å². The average molecular weight is 293 g/mol. The fourth-order valence-corrected chi connectivity index (χ4v) is 2.78. The average Bonchev–Trinajstić information content (AvgIpc) is 2.87. The maximum Gasteiger partial charge on any atom is 0.254 e. The first-order valence-electron chi connectivity index (χ1n) is 7.67. The number of nitrogens with one attached hydrogen (secondary N) is 1. The number of hydrogen-bond donors (Lipinski definition) is 1. The number of rotatable bonds is 5. The van der Waals surface area contributed by atoms with Crippen molar-refractivity contribution in [1.29, 1.82) is 0 Å². The van der Waals surface area contributed by atoms with Crippen LogP contribution >= 0.6 is 0 Å². The van der Waals surface area contributed by atoms with E-state index in [-0.39, 0.29) is 5.91 Å². The van der Waals surface area contributed by atoms with Gasteiger partial charge in [-0.3, -0.25) is 14.4 Å². The topological polar surface area (TPSA) is 53.4 Å². The Morgan fingerprint density at radius 3 is 2.48 bits per heavy atom. The lowest BCUT2D eigenvalue weighted by molar-refractivity contribution is 0.0791. The van der Waals surface area contributed by atoms with Gasteiger partial charge in [-0.2, -0.15) is 5.10 Å². The van der Waals surface area contributed by atoms with Crippen molar-refractivity contribution >= 4 is 5.91 Å². The minimum atomic E-state index is -0.0390. The Hall–Kier alpha value is -1.40. The van der Waals surface area contributed by atoms with E-state index in [0.717, 1.165) is 26.2 Å². The number of likely N-dealkylation sites (N-methyl/N-ethyl adjacent to an activating group) is 1. The van der Waals surface area contributed by atoms with Crippen LogP contribution in [0.5, 0.6) is 0 Å². The van der Waals surface area contributed by atoms with Crippen molar-refractivity contribution < 1.29 is 4.79 Å². The van der Waals surface area contributed by atoms with Crippen LogP contribution in [0.3, 0.4) is 0 Å². The van der Waals surface area contributed by atoms with Crippen LogP contribution in [0.25, 0.3) is 0 Å². The number of aromatic nitrogens is 2. The standard InChI is InChI=1S/C15H27N5O/c1-12(2)14(20-7-5-18(3)6-8-20)10-16-15(21)13-9-17-19(4)11-13/h9,11-12,14H,5-8,10H2,1-4H3,(H,16,21). The van der Waals surface area contributed by atoms with E-state index in [1.165, 1.54) is 0 Å². The molecule has 1 amide bonds. The van der Waals surface area contributed by atoms with Crippen molar-refractivity contribution in [2.75, 3.05) is 39.8 Å². The van der Waals surface area contributed by atoms with Crippen molar-refractivity contribution in [3.05, 3.63) is 18.0 Å². The van der Waals surface area contributed by atoms with Gasteiger partial charge >= 0.3 is 0 Å². The molecule has 1 atom stereocenters. The molecule has 118 valence electrons. The van der Waals surface area contributed by atoms with Crippen LogP contribution in [0.1, 0.15) is 24.2 Å². The molecule has 1 unspecified atom stereocenters. The van der Waals surface area contributed by atoms with Crippen molar-refractivity contribution in [2.45, 2.75) is 19.9 Å². The molecule has 0 aliphatic carbocycles. The van der Waals surface area contributed by atoms with E-state index in [1.54, 1.807) is 17.1 Å². The van der Waals surface area contributed by atoms with Gasteiger partial charge in [-0.25, -0.2) is 0 Å². The molecular formula is C15H27N5O. The number of carbonyl (C=O) groups is 1. The Bertz CT molecular complexity index is 462. The molecule has 1 saturated heterocycles. The molecule has 1 fully saturated rings. The minimum absolute atomic E-state index is 0.0390. The third-order valence-electron chi connectivity index (χ3n) is 4.22. The molecule has 2 rings (SSSR count). The number of hydrogen-bond acceptors (Lipinski definition) is 4. The number of carbonyl (C=O) groups excluding carboxylic acids is 1. The Morgan fingerprint density at radius 2 is 1.95 bits per heavy atom. The van der Waals surface area contributed by atoms with Gasteiger partial charge in [0.1, 0.15) is 0 Å². The minimum Gasteiger partial charge on any atom is -0.350 e. The molecule has 21 heavy (non-hydrogen) atoms. The Kier molecular flexibility index (Phi) is 5.36. The number of nitrogens with zero attached hydrogens (tertiary/aromatic N) is 4. The summed E-state index contributed by atoms with van der Waals surface area (Å²) in [6.45, 7) is 9.47. The summed E-state index contributed by atoms with van der Waals surface area (Å²) in [5.74, 6) is 0.477. The molecule has 1 aromatic rings. The van der Waals surface area contributed by atoms with Gasteiger partial charge in [-0.1, -0.05) is 13.8 Å². The summed E-state index contributed by atoms with van der Waals surface area (Å²) >= 11 is 0. The molecule has 1 aliphatic heterocycles. The highest BCUT2D eigenvalue weighted by Crippen LogP contribution is 2.13. The Morgan fingerprint density at radius 1 is 1.29 bits per heavy atom. The molecule has 0 bridgehead atoms. The lowest BCUT2D eigenvalue weighted by Gasteiger charge is -2.39. The lowest BCUT2D eigenvalue weighted by atomic mass is 10.0. The zero-order valence-corrected chi connectivity index (χ0v) is 13.5. The summed E-state index contributed by atoms with van der Waals surface area (Å²) < 4.78 is 1.65. The summed E-state index contributed by atoms with van der Waals surface area (Å²) in [6.07, 6.45) is 3.35. The summed E-state index contributed by atoms with van der Waals surface area (Å²) in [6, 6.07) is 0.388. The lowest BCUT2D eigenvalue weighted by Crippen LogP contribution is -2.54. The zero-order chi connectivity index (χ0) is 15.4. The van der Waals surface area contributed by atoms with Gasteiger partial charge in [-0.05, 0) is 13.0 Å². The van der Waals surface area contributed by atoms with Crippen molar-refractivity contribution in [3.63, 3.8) is 0 Å². The van der Waals surface area contributed by atoms with E-state index in [0.29, 0.717) is 24.1 Å². The molecule has 0 aromatic carbocycles. The highest BCUT2D eigenvalue weighted by atomic mass is 16.1. The molecule has 6 heteroatoms. The van der Waals surface area contributed by atoms with Gasteiger partial charge in [0.2, 0.25) is 0 Å². The molecule has 0 radical (unpaired) electrons. The first kappa shape index (κ1) is 16.0. The highest BCUT2D eigenvalue weighted by molar-refractivity contribution is 5.93. The van der Waals surface area contributed by atoms with Crippen LogP contribution in [0, 0.1) is 5.92 Å². The van der Waals surface area contributed by atoms with Crippen LogP contribution in [0.2, 0.25) is 0 Å². The second kappa shape index (κ2) is 7.04. The predicted molar refractivity (Wildman–Crippen MR) is 83.2 cm³/mol. The van der Waals surface area contributed by atoms with Crippen LogP contribution in [0.4, 0.5) is 0 Å². The summed E-state index contributed by atoms with van der Waals surface area (Å²) in [7, 11) is 3.98. The van der Waals surface area contributed by atoms with Crippen LogP contribution in [0.15, 0.2) is 12.4 Å². The van der Waals surface area contributed by atoms with E-state index >= 15 is 0 Å². The first-order chi connectivity index (χ1) is 9.97. The molecule has 1 N–H and O–H groups in total. The first-order valence-corrected chi connectivity index (χ1v) is 7.67. The summed E-state index contributed by atoms with van der Waals surface area (Å²) in [4.78, 5) is 17.0. The molecule has 2 heterocycles. The second-order valence-corrected chi connectivity index (χ2v) is 6.26. The molecule has 6 nitrogen and oxygen atoms in total. The SMILES string of the molecule is CC(C)C(CNC(=O)c1cnn(C)c1)N1CCN(C)CC1. The quantitative estimate of drug-likeness (QED) is 0.855. The monoisotopic (exact) mass is 293 g/mol. The smallest absolute Gasteiger partial charge is 0.254 e. The largest absolute Gasteiger partial charge is 0.350 e. The van der Waals surface area contributed by atoms with Crippen LogP contribution in [-0.2, 0) is 7.05 Å². The van der Waals surface area contributed by atoms with Crippen molar-refractivity contribution in [1.82, 2.24) is 24.9 Å². The van der Waals surface area contributed by atoms with E-state index < -0.39 is 0 Å². The molecule has 0 spiro atoms. The maximum absolute atomic E-state index is 12.1. The number of aryl methyl sites for hydroxylation is 1. The summed E-state index contributed by atoms with van der Waals surface area (Å²) in [5.41, 5.74) is 0.624. The Balaban J connectivity index is 1.89. The van der Waals surface area contributed by atoms with Crippen LogP contribution < -0.4 is 5.32 Å². The third kappa shape index (κ3) is 4.28. The normalized spacial score (nSPS) is 18.9. The van der Waals surface area contributed by atoms with Gasteiger partial charge in [0.05, 0.1) is 11.8 Å². The van der Waals surface area contributed by atoms with E-state index in [9.17, 15) is 4.79 Å². The van der Waals surface area contributed by atoms with E-state index in [1.807, 2.05) is 7.05 Å². The predicted octanol–water partition coefficient (Wildman–Crippen LogP) is 0.422.